The molecule has 2 aliphatic rings. The predicted molar refractivity (Wildman–Crippen MR) is 80.2 cm³/mol. The third-order valence-corrected chi connectivity index (χ3v) is 5.32. The highest BCUT2D eigenvalue weighted by Crippen LogP contribution is 2.33. The molecule has 0 spiro atoms. The fourth-order valence-corrected chi connectivity index (χ4v) is 3.72. The Balaban J connectivity index is 1.71. The van der Waals surface area contributed by atoms with Crippen molar-refractivity contribution in [3.8, 4) is 0 Å². The van der Waals surface area contributed by atoms with Crippen LogP contribution >= 0.6 is 11.3 Å². The van der Waals surface area contributed by atoms with Gasteiger partial charge in [0.1, 0.15) is 0 Å². The molecule has 0 radical (unpaired) electrons. The summed E-state index contributed by atoms with van der Waals surface area (Å²) in [5.74, 6) is -1.23. The Hall–Kier alpha value is -1.56. The third kappa shape index (κ3) is 2.90. The number of nitrogens with zero attached hydrogens (tertiary/aromatic N) is 2. The van der Waals surface area contributed by atoms with E-state index in [1.807, 2.05) is 29.3 Å². The summed E-state index contributed by atoms with van der Waals surface area (Å²) < 4.78 is 0. The van der Waals surface area contributed by atoms with E-state index in [9.17, 15) is 14.7 Å². The standard InChI is InChI=1S/C15H20N2O3S/c1-10-13(14(18)19)6-7-16(10)15(20)17(11-4-5-11)9-12-3-2-8-21-12/h2-3,8,10-11,13H,4-7,9H2,1H3,(H,18,19). The first kappa shape index (κ1) is 14.4. The van der Waals surface area contributed by atoms with Gasteiger partial charge >= 0.3 is 12.0 Å². The summed E-state index contributed by atoms with van der Waals surface area (Å²) in [5.41, 5.74) is 0. The number of thiophene rings is 1. The fourth-order valence-electron chi connectivity index (χ4n) is 3.01. The van der Waals surface area contributed by atoms with Crippen molar-refractivity contribution in [3.63, 3.8) is 0 Å². The summed E-state index contributed by atoms with van der Waals surface area (Å²) in [5, 5.41) is 11.2. The Morgan fingerprint density at radius 3 is 2.71 bits per heavy atom. The second-order valence-corrected chi connectivity index (χ2v) is 6.92. The Morgan fingerprint density at radius 2 is 2.19 bits per heavy atom. The molecule has 0 aromatic carbocycles. The van der Waals surface area contributed by atoms with Crippen LogP contribution in [-0.4, -0.2) is 45.5 Å². The normalized spacial score (nSPS) is 25.1. The quantitative estimate of drug-likeness (QED) is 0.930. The summed E-state index contributed by atoms with van der Waals surface area (Å²) in [6.07, 6.45) is 2.67. The second-order valence-electron chi connectivity index (χ2n) is 5.89. The van der Waals surface area contributed by atoms with E-state index < -0.39 is 11.9 Å². The summed E-state index contributed by atoms with van der Waals surface area (Å²) in [6, 6.07) is 4.15. The summed E-state index contributed by atoms with van der Waals surface area (Å²) >= 11 is 1.66. The second kappa shape index (κ2) is 5.67. The molecule has 21 heavy (non-hydrogen) atoms. The van der Waals surface area contributed by atoms with E-state index in [4.69, 9.17) is 0 Å². The van der Waals surface area contributed by atoms with Gasteiger partial charge in [0, 0.05) is 23.5 Å². The molecule has 1 aromatic rings. The molecule has 114 valence electrons. The van der Waals surface area contributed by atoms with E-state index in [-0.39, 0.29) is 12.1 Å². The van der Waals surface area contributed by atoms with Gasteiger partial charge in [-0.05, 0) is 37.6 Å². The van der Waals surface area contributed by atoms with Gasteiger partial charge < -0.3 is 14.9 Å². The van der Waals surface area contributed by atoms with Gasteiger partial charge in [-0.2, -0.15) is 0 Å². The van der Waals surface area contributed by atoms with Gasteiger partial charge in [-0.1, -0.05) is 6.07 Å². The van der Waals surface area contributed by atoms with Gasteiger partial charge in [0.15, 0.2) is 0 Å². The molecule has 1 N–H and O–H groups in total. The zero-order valence-electron chi connectivity index (χ0n) is 12.1. The monoisotopic (exact) mass is 308 g/mol. The van der Waals surface area contributed by atoms with Gasteiger partial charge in [-0.25, -0.2) is 4.79 Å². The van der Waals surface area contributed by atoms with Crippen molar-refractivity contribution >= 4 is 23.3 Å². The Labute approximate surface area is 128 Å². The summed E-state index contributed by atoms with van der Waals surface area (Å²) in [6.45, 7) is 3.03. The minimum absolute atomic E-state index is 0.00199. The van der Waals surface area contributed by atoms with Gasteiger partial charge in [-0.3, -0.25) is 4.79 Å². The van der Waals surface area contributed by atoms with Crippen molar-refractivity contribution in [2.24, 2.45) is 5.92 Å². The van der Waals surface area contributed by atoms with Crippen LogP contribution in [0.2, 0.25) is 0 Å². The maximum Gasteiger partial charge on any atom is 0.320 e. The molecule has 1 saturated heterocycles. The van der Waals surface area contributed by atoms with Crippen LogP contribution < -0.4 is 0 Å². The number of amides is 2. The fraction of sp³-hybridized carbons (Fsp3) is 0.600. The molecule has 1 saturated carbocycles. The zero-order valence-corrected chi connectivity index (χ0v) is 12.9. The van der Waals surface area contributed by atoms with Crippen LogP contribution in [0.25, 0.3) is 0 Å². The molecule has 3 rings (SSSR count). The van der Waals surface area contributed by atoms with Crippen molar-refractivity contribution < 1.29 is 14.7 Å². The van der Waals surface area contributed by atoms with E-state index in [0.717, 1.165) is 12.8 Å². The van der Waals surface area contributed by atoms with Crippen LogP contribution in [0.1, 0.15) is 31.1 Å². The molecule has 1 aliphatic carbocycles. The number of aliphatic carboxylic acids is 1. The summed E-state index contributed by atoms with van der Waals surface area (Å²) in [4.78, 5) is 28.8. The molecule has 6 heteroatoms. The minimum Gasteiger partial charge on any atom is -0.481 e. The van der Waals surface area contributed by atoms with Crippen LogP contribution in [0.5, 0.6) is 0 Å². The maximum absolute atomic E-state index is 12.8. The highest BCUT2D eigenvalue weighted by Gasteiger charge is 2.42. The summed E-state index contributed by atoms with van der Waals surface area (Å²) in [7, 11) is 0. The van der Waals surface area contributed by atoms with Crippen LogP contribution in [0.3, 0.4) is 0 Å². The zero-order chi connectivity index (χ0) is 15.0. The first-order valence-electron chi connectivity index (χ1n) is 7.40. The number of hydrogen-bond acceptors (Lipinski definition) is 3. The molecular weight excluding hydrogens is 288 g/mol. The lowest BCUT2D eigenvalue weighted by Crippen LogP contribution is -2.46. The van der Waals surface area contributed by atoms with Crippen molar-refractivity contribution in [1.82, 2.24) is 9.80 Å². The van der Waals surface area contributed by atoms with Crippen molar-refractivity contribution in [3.05, 3.63) is 22.4 Å². The number of likely N-dealkylation sites (tertiary alicyclic amines) is 1. The highest BCUT2D eigenvalue weighted by molar-refractivity contribution is 7.09. The SMILES string of the molecule is CC1C(C(=O)O)CCN1C(=O)N(Cc1cccs1)C1CC1. The lowest BCUT2D eigenvalue weighted by Gasteiger charge is -2.31. The van der Waals surface area contributed by atoms with E-state index in [1.165, 1.54) is 4.88 Å². The number of rotatable bonds is 4. The third-order valence-electron chi connectivity index (χ3n) is 4.46. The van der Waals surface area contributed by atoms with Gasteiger partial charge in [0.25, 0.3) is 0 Å². The number of carbonyl (C=O) groups is 2. The van der Waals surface area contributed by atoms with E-state index in [0.29, 0.717) is 25.6 Å². The Morgan fingerprint density at radius 1 is 1.43 bits per heavy atom. The van der Waals surface area contributed by atoms with Crippen molar-refractivity contribution in [2.45, 2.75) is 44.8 Å². The van der Waals surface area contributed by atoms with Crippen molar-refractivity contribution in [1.29, 1.82) is 0 Å². The number of carbonyl (C=O) groups excluding carboxylic acids is 1. The maximum atomic E-state index is 12.8. The molecule has 1 aliphatic heterocycles. The van der Waals surface area contributed by atoms with Crippen LogP contribution in [0.4, 0.5) is 4.79 Å². The van der Waals surface area contributed by atoms with E-state index >= 15 is 0 Å². The van der Waals surface area contributed by atoms with Gasteiger partial charge in [0.05, 0.1) is 12.5 Å². The molecule has 1 aromatic heterocycles. The highest BCUT2D eigenvalue weighted by atomic mass is 32.1. The molecule has 2 unspecified atom stereocenters. The topological polar surface area (TPSA) is 60.9 Å². The number of carboxylic acid groups (broad SMARTS) is 1. The van der Waals surface area contributed by atoms with Crippen LogP contribution in [0, 0.1) is 5.92 Å². The average Bonchev–Trinajstić information content (AvgIpc) is 3.01. The number of hydrogen-bond donors (Lipinski definition) is 1. The molecule has 2 heterocycles. The molecular formula is C15H20N2O3S. The molecule has 2 amide bonds. The molecule has 2 atom stereocenters. The molecule has 5 nitrogen and oxygen atoms in total. The average molecular weight is 308 g/mol. The van der Waals surface area contributed by atoms with Crippen LogP contribution in [-0.2, 0) is 11.3 Å². The van der Waals surface area contributed by atoms with Gasteiger partial charge in [-0.15, -0.1) is 11.3 Å². The van der Waals surface area contributed by atoms with Crippen molar-refractivity contribution in [2.75, 3.05) is 6.54 Å². The minimum atomic E-state index is -0.797. The lowest BCUT2D eigenvalue weighted by molar-refractivity contribution is -0.142. The van der Waals surface area contributed by atoms with Crippen LogP contribution in [0.15, 0.2) is 17.5 Å². The largest absolute Gasteiger partial charge is 0.481 e. The van der Waals surface area contributed by atoms with E-state index in [2.05, 4.69) is 0 Å². The Bertz CT molecular complexity index is 527. The van der Waals surface area contributed by atoms with E-state index in [1.54, 1.807) is 16.2 Å². The Kier molecular flexibility index (Phi) is 3.89. The first-order valence-corrected chi connectivity index (χ1v) is 8.28. The lowest BCUT2D eigenvalue weighted by atomic mass is 10.0. The first-order chi connectivity index (χ1) is 10.1. The predicted octanol–water partition coefficient (Wildman–Crippen LogP) is 2.63. The number of carboxylic acids is 1. The molecule has 0 bridgehead atoms. The smallest absolute Gasteiger partial charge is 0.320 e. The molecule has 2 fully saturated rings. The van der Waals surface area contributed by atoms with Gasteiger partial charge in [0.2, 0.25) is 0 Å². The number of urea groups is 1.